The minimum absolute atomic E-state index is 0.744. The number of rotatable bonds is 4. The average molecular weight is 246 g/mol. The molecule has 1 rings (SSSR count). The van der Waals surface area contributed by atoms with Crippen LogP contribution in [0.1, 0.15) is 31.9 Å². The third kappa shape index (κ3) is 2.46. The summed E-state index contributed by atoms with van der Waals surface area (Å²) in [5.41, 5.74) is 6.81. The molecule has 0 aliphatic rings. The zero-order valence-corrected chi connectivity index (χ0v) is 9.76. The van der Waals surface area contributed by atoms with Crippen LogP contribution in [-0.4, -0.2) is 9.78 Å². The first-order chi connectivity index (χ1) is 6.16. The van der Waals surface area contributed by atoms with Gasteiger partial charge in [-0.25, -0.2) is 4.68 Å². The predicted octanol–water partition coefficient (Wildman–Crippen LogP) is 2.73. The van der Waals surface area contributed by atoms with Crippen molar-refractivity contribution >= 4 is 21.7 Å². The summed E-state index contributed by atoms with van der Waals surface area (Å²) in [5, 5.41) is 4.33. The standard InChI is InChI=1S/C9H16BrN3/c1-3-4-5-6-13-9(11)8(10)7(2)12-13/h3-6,11H2,1-2H3. The zero-order chi connectivity index (χ0) is 9.84. The molecule has 0 aromatic carbocycles. The maximum Gasteiger partial charge on any atom is 0.136 e. The molecule has 0 aliphatic carbocycles. The second-order valence-electron chi connectivity index (χ2n) is 3.21. The number of aromatic nitrogens is 2. The minimum atomic E-state index is 0.744. The molecular formula is C9H16BrN3. The van der Waals surface area contributed by atoms with Crippen molar-refractivity contribution in [3.63, 3.8) is 0 Å². The lowest BCUT2D eigenvalue weighted by molar-refractivity contribution is 0.556. The van der Waals surface area contributed by atoms with E-state index in [4.69, 9.17) is 5.73 Å². The van der Waals surface area contributed by atoms with Crippen molar-refractivity contribution in [2.45, 2.75) is 39.7 Å². The van der Waals surface area contributed by atoms with Crippen molar-refractivity contribution in [3.05, 3.63) is 10.2 Å². The fourth-order valence-electron chi connectivity index (χ4n) is 1.26. The van der Waals surface area contributed by atoms with E-state index < -0.39 is 0 Å². The molecule has 1 aromatic rings. The second kappa shape index (κ2) is 4.65. The summed E-state index contributed by atoms with van der Waals surface area (Å²) in [6, 6.07) is 0. The summed E-state index contributed by atoms with van der Waals surface area (Å²) in [4.78, 5) is 0. The van der Waals surface area contributed by atoms with E-state index in [1.165, 1.54) is 12.8 Å². The fourth-order valence-corrected chi connectivity index (χ4v) is 1.54. The van der Waals surface area contributed by atoms with Gasteiger partial charge in [-0.05, 0) is 29.3 Å². The van der Waals surface area contributed by atoms with E-state index in [1.54, 1.807) is 0 Å². The van der Waals surface area contributed by atoms with Crippen LogP contribution < -0.4 is 5.73 Å². The summed E-state index contributed by atoms with van der Waals surface area (Å²) >= 11 is 3.40. The lowest BCUT2D eigenvalue weighted by Gasteiger charge is -2.02. The Kier molecular flexibility index (Phi) is 3.78. The van der Waals surface area contributed by atoms with Gasteiger partial charge in [-0.3, -0.25) is 0 Å². The highest BCUT2D eigenvalue weighted by Crippen LogP contribution is 2.23. The normalized spacial score (nSPS) is 10.7. The van der Waals surface area contributed by atoms with Crippen molar-refractivity contribution in [1.82, 2.24) is 9.78 Å². The first-order valence-corrected chi connectivity index (χ1v) is 5.44. The van der Waals surface area contributed by atoms with Crippen molar-refractivity contribution in [1.29, 1.82) is 0 Å². The van der Waals surface area contributed by atoms with E-state index in [2.05, 4.69) is 28.0 Å². The van der Waals surface area contributed by atoms with Gasteiger partial charge in [0.05, 0.1) is 10.2 Å². The first-order valence-electron chi connectivity index (χ1n) is 4.65. The van der Waals surface area contributed by atoms with Gasteiger partial charge < -0.3 is 5.73 Å². The van der Waals surface area contributed by atoms with Crippen molar-refractivity contribution in [3.8, 4) is 0 Å². The third-order valence-corrected chi connectivity index (χ3v) is 3.04. The Morgan fingerprint density at radius 3 is 2.62 bits per heavy atom. The topological polar surface area (TPSA) is 43.8 Å². The molecule has 3 nitrogen and oxygen atoms in total. The van der Waals surface area contributed by atoms with Crippen LogP contribution in [0.5, 0.6) is 0 Å². The molecule has 74 valence electrons. The van der Waals surface area contributed by atoms with Crippen molar-refractivity contribution in [2.24, 2.45) is 0 Å². The largest absolute Gasteiger partial charge is 0.383 e. The van der Waals surface area contributed by atoms with Gasteiger partial charge in [-0.2, -0.15) is 5.10 Å². The quantitative estimate of drug-likeness (QED) is 0.830. The average Bonchev–Trinajstić information content (AvgIpc) is 2.34. The van der Waals surface area contributed by atoms with Gasteiger partial charge in [-0.1, -0.05) is 19.8 Å². The lowest BCUT2D eigenvalue weighted by Crippen LogP contribution is -2.04. The van der Waals surface area contributed by atoms with Gasteiger partial charge in [0, 0.05) is 6.54 Å². The highest BCUT2D eigenvalue weighted by molar-refractivity contribution is 9.10. The van der Waals surface area contributed by atoms with Crippen LogP contribution in [0.15, 0.2) is 4.47 Å². The highest BCUT2D eigenvalue weighted by Gasteiger charge is 2.08. The number of nitrogens with two attached hydrogens (primary N) is 1. The van der Waals surface area contributed by atoms with E-state index >= 15 is 0 Å². The Bertz CT molecular complexity index is 281. The molecule has 0 atom stereocenters. The molecule has 4 heteroatoms. The molecule has 0 saturated heterocycles. The summed E-state index contributed by atoms with van der Waals surface area (Å²) in [6.45, 7) is 5.07. The molecule has 0 bridgehead atoms. The molecular weight excluding hydrogens is 230 g/mol. The molecule has 0 amide bonds. The van der Waals surface area contributed by atoms with Crippen molar-refractivity contribution < 1.29 is 0 Å². The Balaban J connectivity index is 2.61. The zero-order valence-electron chi connectivity index (χ0n) is 8.18. The molecule has 0 radical (unpaired) electrons. The fraction of sp³-hybridized carbons (Fsp3) is 0.667. The van der Waals surface area contributed by atoms with Crippen LogP contribution in [0.4, 0.5) is 5.82 Å². The Morgan fingerprint density at radius 2 is 2.15 bits per heavy atom. The lowest BCUT2D eigenvalue weighted by atomic mass is 10.2. The number of halogens is 1. The Morgan fingerprint density at radius 1 is 1.46 bits per heavy atom. The smallest absolute Gasteiger partial charge is 0.136 e. The van der Waals surface area contributed by atoms with Crippen molar-refractivity contribution in [2.75, 3.05) is 5.73 Å². The number of aryl methyl sites for hydroxylation is 2. The molecule has 2 N–H and O–H groups in total. The van der Waals surface area contributed by atoms with E-state index in [0.717, 1.165) is 29.0 Å². The van der Waals surface area contributed by atoms with E-state index in [0.29, 0.717) is 0 Å². The molecule has 0 saturated carbocycles. The molecule has 0 aliphatic heterocycles. The van der Waals surface area contributed by atoms with Gasteiger partial charge in [0.1, 0.15) is 5.82 Å². The number of hydrogen-bond acceptors (Lipinski definition) is 2. The van der Waals surface area contributed by atoms with Gasteiger partial charge in [-0.15, -0.1) is 0 Å². The number of unbranched alkanes of at least 4 members (excludes halogenated alkanes) is 2. The van der Waals surface area contributed by atoms with Gasteiger partial charge in [0.25, 0.3) is 0 Å². The van der Waals surface area contributed by atoms with Crippen LogP contribution in [-0.2, 0) is 6.54 Å². The highest BCUT2D eigenvalue weighted by atomic mass is 79.9. The van der Waals surface area contributed by atoms with E-state index in [9.17, 15) is 0 Å². The molecule has 0 unspecified atom stereocenters. The maximum atomic E-state index is 5.84. The SMILES string of the molecule is CCCCCn1nc(C)c(Br)c1N. The second-order valence-corrected chi connectivity index (χ2v) is 4.01. The van der Waals surface area contributed by atoms with E-state index in [1.807, 2.05) is 11.6 Å². The Labute approximate surface area is 87.4 Å². The van der Waals surface area contributed by atoms with Crippen LogP contribution in [0.2, 0.25) is 0 Å². The Hall–Kier alpha value is -0.510. The monoisotopic (exact) mass is 245 g/mol. The minimum Gasteiger partial charge on any atom is -0.383 e. The molecule has 0 spiro atoms. The van der Waals surface area contributed by atoms with E-state index in [-0.39, 0.29) is 0 Å². The van der Waals surface area contributed by atoms with Crippen LogP contribution in [0.3, 0.4) is 0 Å². The maximum absolute atomic E-state index is 5.84. The van der Waals surface area contributed by atoms with Crippen LogP contribution in [0.25, 0.3) is 0 Å². The number of nitrogen functional groups attached to an aromatic ring is 1. The van der Waals surface area contributed by atoms with Crippen LogP contribution in [0, 0.1) is 6.92 Å². The molecule has 0 fully saturated rings. The van der Waals surface area contributed by atoms with Crippen LogP contribution >= 0.6 is 15.9 Å². The predicted molar refractivity (Wildman–Crippen MR) is 58.6 cm³/mol. The first kappa shape index (κ1) is 10.6. The van der Waals surface area contributed by atoms with Gasteiger partial charge >= 0.3 is 0 Å². The molecule has 1 aromatic heterocycles. The molecule has 13 heavy (non-hydrogen) atoms. The summed E-state index contributed by atoms with van der Waals surface area (Å²) in [6.07, 6.45) is 3.60. The number of hydrogen-bond donors (Lipinski definition) is 1. The van der Waals surface area contributed by atoms with Gasteiger partial charge in [0.15, 0.2) is 0 Å². The summed E-state index contributed by atoms with van der Waals surface area (Å²) in [5.74, 6) is 0.744. The van der Waals surface area contributed by atoms with Gasteiger partial charge in [0.2, 0.25) is 0 Å². The summed E-state index contributed by atoms with van der Waals surface area (Å²) < 4.78 is 2.80. The number of anilines is 1. The molecule has 1 heterocycles. The number of nitrogens with zero attached hydrogens (tertiary/aromatic N) is 2. The third-order valence-electron chi connectivity index (χ3n) is 2.06. The summed E-state index contributed by atoms with van der Waals surface area (Å²) in [7, 11) is 0.